The molecule has 2 heterocycles. The fraction of sp³-hybridized carbons (Fsp3) is 0.875. The average molecular weight is 293 g/mol. The molecule has 2 atom stereocenters. The number of ether oxygens (including phenoxy) is 1. The molecular weight excluding hydrogens is 266 g/mol. The van der Waals surface area contributed by atoms with Crippen LogP contribution >= 0.6 is 0 Å². The largest absolute Gasteiger partial charge is 0.367 e. The van der Waals surface area contributed by atoms with Crippen LogP contribution in [0.25, 0.3) is 0 Å². The lowest BCUT2D eigenvalue weighted by atomic mass is 9.93. The predicted octanol–water partition coefficient (Wildman–Crippen LogP) is 2.98. The highest BCUT2D eigenvalue weighted by Gasteiger charge is 2.39. The van der Waals surface area contributed by atoms with Crippen molar-refractivity contribution >= 4 is 0 Å². The lowest BCUT2D eigenvalue weighted by molar-refractivity contribution is -0.0636. The smallest absolute Gasteiger partial charge is 0.231 e. The highest BCUT2D eigenvalue weighted by molar-refractivity contribution is 5.07. The monoisotopic (exact) mass is 293 g/mol. The third kappa shape index (κ3) is 2.99. The molecule has 0 amide bonds. The van der Waals surface area contributed by atoms with Gasteiger partial charge in [-0.2, -0.15) is 4.98 Å². The second-order valence-electron chi connectivity index (χ2n) is 6.54. The number of hydrogen-bond donors (Lipinski definition) is 1. The summed E-state index contributed by atoms with van der Waals surface area (Å²) in [5, 5.41) is 7.71. The summed E-state index contributed by atoms with van der Waals surface area (Å²) in [4.78, 5) is 4.76. The zero-order valence-corrected chi connectivity index (χ0v) is 13.2. The van der Waals surface area contributed by atoms with Crippen LogP contribution in [0.2, 0.25) is 0 Å². The van der Waals surface area contributed by atoms with Crippen LogP contribution in [0.5, 0.6) is 0 Å². The molecule has 5 heteroatoms. The first-order valence-electron chi connectivity index (χ1n) is 8.44. The van der Waals surface area contributed by atoms with Crippen LogP contribution in [0.3, 0.4) is 0 Å². The van der Waals surface area contributed by atoms with Crippen LogP contribution in [0, 0.1) is 5.92 Å². The Morgan fingerprint density at radius 3 is 2.62 bits per heavy atom. The van der Waals surface area contributed by atoms with Crippen LogP contribution in [-0.4, -0.2) is 29.8 Å². The van der Waals surface area contributed by atoms with E-state index in [1.54, 1.807) is 0 Å². The van der Waals surface area contributed by atoms with E-state index in [0.29, 0.717) is 18.4 Å². The molecule has 5 nitrogen and oxygen atoms in total. The van der Waals surface area contributed by atoms with Gasteiger partial charge in [0.25, 0.3) is 0 Å². The van der Waals surface area contributed by atoms with Crippen molar-refractivity contribution in [3.63, 3.8) is 0 Å². The van der Waals surface area contributed by atoms with Crippen LogP contribution in [-0.2, 0) is 10.3 Å². The Bertz CT molecular complexity index is 452. The van der Waals surface area contributed by atoms with Gasteiger partial charge in [0.2, 0.25) is 11.7 Å². The third-order valence-corrected chi connectivity index (χ3v) is 5.02. The first-order chi connectivity index (χ1) is 10.2. The van der Waals surface area contributed by atoms with Gasteiger partial charge in [-0.1, -0.05) is 37.8 Å². The second kappa shape index (κ2) is 6.44. The molecule has 0 radical (unpaired) electrons. The number of rotatable bonds is 4. The van der Waals surface area contributed by atoms with Gasteiger partial charge < -0.3 is 14.6 Å². The lowest BCUT2D eigenvalue weighted by Gasteiger charge is -2.29. The second-order valence-corrected chi connectivity index (χ2v) is 6.54. The zero-order valence-electron chi connectivity index (χ0n) is 13.2. The van der Waals surface area contributed by atoms with Gasteiger partial charge in [0.15, 0.2) is 0 Å². The minimum Gasteiger partial charge on any atom is -0.367 e. The Morgan fingerprint density at radius 2 is 2.00 bits per heavy atom. The van der Waals surface area contributed by atoms with Crippen molar-refractivity contribution in [2.24, 2.45) is 5.92 Å². The first kappa shape index (κ1) is 15.0. The number of nitrogens with zero attached hydrogens (tertiary/aromatic N) is 2. The van der Waals surface area contributed by atoms with Gasteiger partial charge in [0.05, 0.1) is 5.92 Å². The van der Waals surface area contributed by atoms with Crippen molar-refractivity contribution in [1.82, 2.24) is 15.5 Å². The van der Waals surface area contributed by atoms with Crippen LogP contribution < -0.4 is 5.32 Å². The van der Waals surface area contributed by atoms with Crippen molar-refractivity contribution in [2.45, 2.75) is 63.9 Å². The normalized spacial score (nSPS) is 29.4. The molecule has 21 heavy (non-hydrogen) atoms. The molecule has 1 aliphatic heterocycles. The Balaban J connectivity index is 1.84. The van der Waals surface area contributed by atoms with Crippen molar-refractivity contribution in [2.75, 3.05) is 19.7 Å². The predicted molar refractivity (Wildman–Crippen MR) is 80.1 cm³/mol. The van der Waals surface area contributed by atoms with Crippen LogP contribution in [0.4, 0.5) is 0 Å². The van der Waals surface area contributed by atoms with Crippen molar-refractivity contribution in [1.29, 1.82) is 0 Å². The molecule has 0 aromatic carbocycles. The summed E-state index contributed by atoms with van der Waals surface area (Å²) in [6.45, 7) is 6.95. The van der Waals surface area contributed by atoms with E-state index in [2.05, 4.69) is 24.3 Å². The maximum atomic E-state index is 6.14. The van der Waals surface area contributed by atoms with E-state index in [-0.39, 0.29) is 5.60 Å². The summed E-state index contributed by atoms with van der Waals surface area (Å²) in [7, 11) is 0. The van der Waals surface area contributed by atoms with Gasteiger partial charge >= 0.3 is 0 Å². The van der Waals surface area contributed by atoms with Crippen molar-refractivity contribution in [3.8, 4) is 0 Å². The lowest BCUT2D eigenvalue weighted by Crippen LogP contribution is -2.31. The number of nitrogens with one attached hydrogen (secondary N) is 1. The molecule has 1 aromatic heterocycles. The van der Waals surface area contributed by atoms with Gasteiger partial charge in [0.1, 0.15) is 5.60 Å². The van der Waals surface area contributed by atoms with E-state index in [4.69, 9.17) is 14.2 Å². The quantitative estimate of drug-likeness (QED) is 0.865. The van der Waals surface area contributed by atoms with Crippen LogP contribution in [0.1, 0.15) is 70.0 Å². The summed E-state index contributed by atoms with van der Waals surface area (Å²) in [5.74, 6) is 2.46. The molecule has 1 aromatic rings. The minimum atomic E-state index is -0.317. The minimum absolute atomic E-state index is 0.317. The van der Waals surface area contributed by atoms with Gasteiger partial charge in [-0.05, 0) is 32.2 Å². The summed E-state index contributed by atoms with van der Waals surface area (Å²) < 4.78 is 11.7. The molecule has 0 unspecified atom stereocenters. The van der Waals surface area contributed by atoms with Crippen molar-refractivity contribution < 1.29 is 9.26 Å². The van der Waals surface area contributed by atoms with E-state index in [0.717, 1.165) is 37.6 Å². The van der Waals surface area contributed by atoms with Gasteiger partial charge in [-0.3, -0.25) is 0 Å². The third-order valence-electron chi connectivity index (χ3n) is 5.02. The summed E-state index contributed by atoms with van der Waals surface area (Å²) >= 11 is 0. The van der Waals surface area contributed by atoms with E-state index >= 15 is 0 Å². The standard InChI is InChI=1S/C16H27N3O2/c1-3-20-16(8-6-4-5-7-9-16)15-18-14(21-19-15)13-11-17-10-12(13)2/h12-13,17H,3-11H2,1-2H3/t12-,13-/m1/s1. The fourth-order valence-electron chi connectivity index (χ4n) is 3.72. The van der Waals surface area contributed by atoms with Gasteiger partial charge in [-0.25, -0.2) is 0 Å². The molecule has 2 fully saturated rings. The number of hydrogen-bond acceptors (Lipinski definition) is 5. The molecule has 1 saturated carbocycles. The molecule has 2 aliphatic rings. The highest BCUT2D eigenvalue weighted by atomic mass is 16.5. The average Bonchev–Trinajstić information content (AvgIpc) is 3.05. The molecule has 1 aliphatic carbocycles. The maximum absolute atomic E-state index is 6.14. The summed E-state index contributed by atoms with van der Waals surface area (Å²) in [6.07, 6.45) is 6.96. The maximum Gasteiger partial charge on any atom is 0.231 e. The Labute approximate surface area is 126 Å². The van der Waals surface area contributed by atoms with Crippen LogP contribution in [0.15, 0.2) is 4.52 Å². The molecule has 0 spiro atoms. The summed E-state index contributed by atoms with van der Waals surface area (Å²) in [5.41, 5.74) is -0.317. The zero-order chi connectivity index (χ0) is 14.7. The Morgan fingerprint density at radius 1 is 1.24 bits per heavy atom. The van der Waals surface area contributed by atoms with E-state index in [9.17, 15) is 0 Å². The van der Waals surface area contributed by atoms with E-state index in [1.165, 1.54) is 25.7 Å². The topological polar surface area (TPSA) is 60.2 Å². The molecule has 3 rings (SSSR count). The SMILES string of the molecule is CCOC1(c2noc([C@@H]3CNC[C@H]3C)n2)CCCCCC1. The van der Waals surface area contributed by atoms with Crippen molar-refractivity contribution in [3.05, 3.63) is 11.7 Å². The van der Waals surface area contributed by atoms with E-state index in [1.807, 2.05) is 0 Å². The fourth-order valence-corrected chi connectivity index (χ4v) is 3.72. The van der Waals surface area contributed by atoms with Gasteiger partial charge in [0, 0.05) is 13.2 Å². The summed E-state index contributed by atoms with van der Waals surface area (Å²) in [6, 6.07) is 0. The van der Waals surface area contributed by atoms with Gasteiger partial charge in [-0.15, -0.1) is 0 Å². The molecule has 1 N–H and O–H groups in total. The molecule has 1 saturated heterocycles. The Kier molecular flexibility index (Phi) is 4.60. The molecular formula is C16H27N3O2. The van der Waals surface area contributed by atoms with E-state index < -0.39 is 0 Å². The highest BCUT2D eigenvalue weighted by Crippen LogP contribution is 2.39. The Hall–Kier alpha value is -0.940. The molecule has 118 valence electrons. The molecule has 0 bridgehead atoms. The first-order valence-corrected chi connectivity index (χ1v) is 8.44. The number of aromatic nitrogens is 2.